The Morgan fingerprint density at radius 1 is 1.40 bits per heavy atom. The van der Waals surface area contributed by atoms with Crippen molar-refractivity contribution in [3.05, 3.63) is 12.2 Å². The molecule has 0 aliphatic heterocycles. The zero-order valence-corrected chi connectivity index (χ0v) is 10.9. The van der Waals surface area contributed by atoms with Crippen LogP contribution in [0.2, 0.25) is 0 Å². The molecule has 0 atom stereocenters. The van der Waals surface area contributed by atoms with Crippen molar-refractivity contribution in [3.8, 4) is 0 Å². The molecule has 0 radical (unpaired) electrons. The summed E-state index contributed by atoms with van der Waals surface area (Å²) in [4.78, 5) is 4.25. The summed E-state index contributed by atoms with van der Waals surface area (Å²) in [6.07, 6.45) is 2.34. The summed E-state index contributed by atoms with van der Waals surface area (Å²) in [7, 11) is 0. The molecule has 86 valence electrons. The maximum absolute atomic E-state index is 5.92. The van der Waals surface area contributed by atoms with Crippen LogP contribution in [0.15, 0.2) is 6.33 Å². The van der Waals surface area contributed by atoms with Crippen LogP contribution >= 0.6 is 23.2 Å². The van der Waals surface area contributed by atoms with Gasteiger partial charge in [-0.2, -0.15) is 5.10 Å². The van der Waals surface area contributed by atoms with Crippen LogP contribution in [-0.4, -0.2) is 26.5 Å². The Kier molecular flexibility index (Phi) is 4.41. The Morgan fingerprint density at radius 3 is 2.47 bits per heavy atom. The monoisotopic (exact) mass is 249 g/mol. The first kappa shape index (κ1) is 12.8. The van der Waals surface area contributed by atoms with Crippen LogP contribution in [0.5, 0.6) is 0 Å². The normalized spacial score (nSPS) is 12.4. The van der Waals surface area contributed by atoms with Gasteiger partial charge in [0.15, 0.2) is 0 Å². The number of halogens is 2. The van der Waals surface area contributed by atoms with Gasteiger partial charge in [0.1, 0.15) is 12.2 Å². The highest BCUT2D eigenvalue weighted by Gasteiger charge is 2.25. The lowest BCUT2D eigenvalue weighted by Gasteiger charge is -2.24. The van der Waals surface area contributed by atoms with Gasteiger partial charge in [-0.05, 0) is 13.8 Å². The predicted molar refractivity (Wildman–Crippen MR) is 63.7 cm³/mol. The molecule has 0 fully saturated rings. The molecule has 0 aliphatic carbocycles. The molecule has 0 N–H and O–H groups in total. The molecule has 1 heterocycles. The number of aromatic nitrogens is 3. The third-order valence-electron chi connectivity index (χ3n) is 2.37. The average Bonchev–Trinajstić information content (AvgIpc) is 2.65. The molecule has 0 amide bonds. The fourth-order valence-electron chi connectivity index (χ4n) is 1.34. The second-order valence-electron chi connectivity index (χ2n) is 4.47. The molecule has 0 saturated carbocycles. The van der Waals surface area contributed by atoms with Gasteiger partial charge in [0.25, 0.3) is 0 Å². The van der Waals surface area contributed by atoms with E-state index in [1.54, 1.807) is 6.33 Å². The molecule has 1 aromatic rings. The molecule has 0 saturated heterocycles. The quantitative estimate of drug-likeness (QED) is 0.752. The van der Waals surface area contributed by atoms with Crippen molar-refractivity contribution >= 4 is 23.2 Å². The first-order valence-electron chi connectivity index (χ1n) is 5.03. The third kappa shape index (κ3) is 3.08. The molecule has 0 unspecified atom stereocenters. The maximum atomic E-state index is 5.92. The molecule has 1 aromatic heterocycles. The van der Waals surface area contributed by atoms with Crippen LogP contribution in [0.4, 0.5) is 0 Å². The van der Waals surface area contributed by atoms with E-state index in [1.165, 1.54) is 0 Å². The molecule has 0 bridgehead atoms. The zero-order valence-electron chi connectivity index (χ0n) is 9.37. The minimum absolute atomic E-state index is 0.108. The first-order valence-corrected chi connectivity index (χ1v) is 6.09. The number of nitrogens with zero attached hydrogens (tertiary/aromatic N) is 3. The van der Waals surface area contributed by atoms with Gasteiger partial charge in [-0.1, -0.05) is 6.92 Å². The molecular weight excluding hydrogens is 233 g/mol. The molecule has 0 aliphatic rings. The topological polar surface area (TPSA) is 30.7 Å². The molecule has 0 spiro atoms. The van der Waals surface area contributed by atoms with E-state index in [0.29, 0.717) is 17.8 Å². The highest BCUT2D eigenvalue weighted by Crippen LogP contribution is 2.25. The average molecular weight is 250 g/mol. The Hall–Kier alpha value is -0.280. The van der Waals surface area contributed by atoms with Crippen molar-refractivity contribution in [1.29, 1.82) is 0 Å². The summed E-state index contributed by atoms with van der Waals surface area (Å²) < 4.78 is 1.91. The molecule has 1 rings (SSSR count). The number of hydrogen-bond acceptors (Lipinski definition) is 2. The smallest absolute Gasteiger partial charge is 0.138 e. The summed E-state index contributed by atoms with van der Waals surface area (Å²) in [5, 5.41) is 4.19. The summed E-state index contributed by atoms with van der Waals surface area (Å²) in [6.45, 7) is 6.22. The van der Waals surface area contributed by atoms with E-state index in [2.05, 4.69) is 30.9 Å². The van der Waals surface area contributed by atoms with Gasteiger partial charge in [-0.25, -0.2) is 9.67 Å². The number of rotatable bonds is 5. The van der Waals surface area contributed by atoms with Gasteiger partial charge in [-0.3, -0.25) is 0 Å². The van der Waals surface area contributed by atoms with Gasteiger partial charge in [0.05, 0.1) is 0 Å². The largest absolute Gasteiger partial charge is 0.248 e. The van der Waals surface area contributed by atoms with Crippen molar-refractivity contribution in [2.24, 2.45) is 5.41 Å². The van der Waals surface area contributed by atoms with Crippen LogP contribution in [0.1, 0.15) is 32.6 Å². The van der Waals surface area contributed by atoms with E-state index in [0.717, 1.165) is 12.2 Å². The van der Waals surface area contributed by atoms with E-state index in [9.17, 15) is 0 Å². The van der Waals surface area contributed by atoms with E-state index < -0.39 is 0 Å². The number of hydrogen-bond donors (Lipinski definition) is 0. The minimum Gasteiger partial charge on any atom is -0.248 e. The highest BCUT2D eigenvalue weighted by molar-refractivity contribution is 6.21. The van der Waals surface area contributed by atoms with Crippen molar-refractivity contribution < 1.29 is 0 Å². The first-order chi connectivity index (χ1) is 7.02. The van der Waals surface area contributed by atoms with Crippen LogP contribution in [0, 0.1) is 5.41 Å². The lowest BCUT2D eigenvalue weighted by molar-refractivity contribution is 0.388. The molecule has 15 heavy (non-hydrogen) atoms. The van der Waals surface area contributed by atoms with Crippen molar-refractivity contribution in [1.82, 2.24) is 14.8 Å². The molecule has 0 aromatic carbocycles. The van der Waals surface area contributed by atoms with E-state index in [1.807, 2.05) is 4.68 Å². The standard InChI is InChI=1S/C10H17Cl2N3/c1-8(2)15-9(13-7-14-15)4-10(3,5-11)6-12/h7-8H,4-6H2,1-3H3. The summed E-state index contributed by atoms with van der Waals surface area (Å²) in [5.41, 5.74) is -0.108. The lowest BCUT2D eigenvalue weighted by Crippen LogP contribution is -2.26. The minimum atomic E-state index is -0.108. The third-order valence-corrected chi connectivity index (χ3v) is 3.66. The van der Waals surface area contributed by atoms with Gasteiger partial charge >= 0.3 is 0 Å². The Labute approximate surface area is 101 Å². The lowest BCUT2D eigenvalue weighted by atomic mass is 9.91. The van der Waals surface area contributed by atoms with Crippen LogP contribution < -0.4 is 0 Å². The predicted octanol–water partition coefficient (Wildman–Crippen LogP) is 2.89. The van der Waals surface area contributed by atoms with E-state index in [-0.39, 0.29) is 5.41 Å². The van der Waals surface area contributed by atoms with E-state index in [4.69, 9.17) is 23.2 Å². The molecular formula is C10H17Cl2N3. The summed E-state index contributed by atoms with van der Waals surface area (Å²) in [6, 6.07) is 0.317. The zero-order chi connectivity index (χ0) is 11.5. The van der Waals surface area contributed by atoms with Crippen LogP contribution in [0.25, 0.3) is 0 Å². The van der Waals surface area contributed by atoms with Gasteiger partial charge in [0, 0.05) is 29.6 Å². The fourth-order valence-corrected chi connectivity index (χ4v) is 1.82. The number of alkyl halides is 2. The van der Waals surface area contributed by atoms with Gasteiger partial charge < -0.3 is 0 Å². The summed E-state index contributed by atoms with van der Waals surface area (Å²) >= 11 is 11.8. The Balaban J connectivity index is 2.84. The maximum Gasteiger partial charge on any atom is 0.138 e. The van der Waals surface area contributed by atoms with Crippen molar-refractivity contribution in [2.75, 3.05) is 11.8 Å². The fraction of sp³-hybridized carbons (Fsp3) is 0.800. The SMILES string of the molecule is CC(C)n1ncnc1CC(C)(CCl)CCl. The Bertz CT molecular complexity index is 305. The second kappa shape index (κ2) is 5.17. The summed E-state index contributed by atoms with van der Waals surface area (Å²) in [5.74, 6) is 2.01. The van der Waals surface area contributed by atoms with Crippen LogP contribution in [-0.2, 0) is 6.42 Å². The van der Waals surface area contributed by atoms with Gasteiger partial charge in [0.2, 0.25) is 0 Å². The van der Waals surface area contributed by atoms with Crippen molar-refractivity contribution in [2.45, 2.75) is 33.2 Å². The molecule has 5 heteroatoms. The second-order valence-corrected chi connectivity index (χ2v) is 5.00. The van der Waals surface area contributed by atoms with Crippen LogP contribution in [0.3, 0.4) is 0 Å². The molecule has 3 nitrogen and oxygen atoms in total. The Morgan fingerprint density at radius 2 is 2.00 bits per heavy atom. The van der Waals surface area contributed by atoms with E-state index >= 15 is 0 Å². The highest BCUT2D eigenvalue weighted by atomic mass is 35.5. The van der Waals surface area contributed by atoms with Crippen molar-refractivity contribution in [3.63, 3.8) is 0 Å². The van der Waals surface area contributed by atoms with Gasteiger partial charge in [-0.15, -0.1) is 23.2 Å².